The molecule has 142 valence electrons. The average Bonchev–Trinajstić information content (AvgIpc) is 2.65. The van der Waals surface area contributed by atoms with Gasteiger partial charge in [0.25, 0.3) is 5.91 Å². The maximum Gasteiger partial charge on any atom is 0.313 e. The molecule has 1 N–H and O–H groups in total. The van der Waals surface area contributed by atoms with Crippen LogP contribution >= 0.6 is 15.9 Å². The molecule has 27 heavy (non-hydrogen) atoms. The molecule has 0 spiro atoms. The first-order valence-corrected chi connectivity index (χ1v) is 8.80. The van der Waals surface area contributed by atoms with Gasteiger partial charge in [0.05, 0.1) is 20.3 Å². The van der Waals surface area contributed by atoms with E-state index in [1.54, 1.807) is 0 Å². The van der Waals surface area contributed by atoms with Crippen molar-refractivity contribution in [1.82, 2.24) is 4.90 Å². The van der Waals surface area contributed by atoms with Crippen molar-refractivity contribution < 1.29 is 28.6 Å². The molecule has 0 fully saturated rings. The minimum Gasteiger partial charge on any atom is -0.493 e. The van der Waals surface area contributed by atoms with E-state index in [0.29, 0.717) is 16.0 Å². The number of likely N-dealkylation sites (N-methyl/N-ethyl adjacent to an activating group) is 1. The van der Waals surface area contributed by atoms with E-state index in [1.165, 1.54) is 56.5 Å². The van der Waals surface area contributed by atoms with Crippen LogP contribution in [-0.2, 0) is 4.79 Å². The molecule has 2 atom stereocenters. The molecule has 0 aliphatic carbocycles. The molecule has 0 saturated heterocycles. The number of ether oxygens (including phenoxy) is 2. The van der Waals surface area contributed by atoms with E-state index in [0.717, 1.165) is 0 Å². The second-order valence-corrected chi connectivity index (χ2v) is 7.05. The van der Waals surface area contributed by atoms with Gasteiger partial charge in [0.15, 0.2) is 11.5 Å². The summed E-state index contributed by atoms with van der Waals surface area (Å²) in [5.41, 5.74) is 0.565. The number of methoxy groups -OCH3 is 2. The molecule has 1 amide bonds. The number of nitrogens with zero attached hydrogens (tertiary/aromatic N) is 1. The number of benzene rings is 2. The molecule has 8 heteroatoms. The molecular weight excluding hydrogens is 421 g/mol. The maximum atomic E-state index is 14.5. The highest BCUT2D eigenvalue weighted by Gasteiger charge is 2.44. The number of carbonyl (C=O) groups is 2. The van der Waals surface area contributed by atoms with Crippen LogP contribution in [0.3, 0.4) is 0 Å². The zero-order valence-corrected chi connectivity index (χ0v) is 16.4. The third-order valence-corrected chi connectivity index (χ3v) is 5.21. The Morgan fingerprint density at radius 2 is 1.78 bits per heavy atom. The van der Waals surface area contributed by atoms with Gasteiger partial charge in [-0.1, -0.05) is 15.9 Å². The number of aliphatic carboxylic acids is 1. The lowest BCUT2D eigenvalue weighted by atomic mass is 9.79. The van der Waals surface area contributed by atoms with E-state index in [9.17, 15) is 19.1 Å². The summed E-state index contributed by atoms with van der Waals surface area (Å²) in [5, 5.41) is 9.93. The van der Waals surface area contributed by atoms with Crippen LogP contribution in [0.25, 0.3) is 0 Å². The Bertz CT molecular complexity index is 933. The van der Waals surface area contributed by atoms with Crippen LogP contribution in [0.5, 0.6) is 11.5 Å². The third kappa shape index (κ3) is 3.14. The van der Waals surface area contributed by atoms with Crippen molar-refractivity contribution in [3.63, 3.8) is 0 Å². The molecule has 0 radical (unpaired) electrons. The van der Waals surface area contributed by atoms with Gasteiger partial charge in [0.2, 0.25) is 0 Å². The number of fused-ring (bicyclic) bond motifs is 1. The summed E-state index contributed by atoms with van der Waals surface area (Å²) in [7, 11) is 4.31. The predicted octanol–water partition coefficient (Wildman–Crippen LogP) is 3.60. The van der Waals surface area contributed by atoms with Crippen LogP contribution in [0.4, 0.5) is 4.39 Å². The van der Waals surface area contributed by atoms with E-state index in [4.69, 9.17) is 9.47 Å². The van der Waals surface area contributed by atoms with Crippen LogP contribution in [0.1, 0.15) is 33.4 Å². The fraction of sp³-hybridized carbons (Fsp3) is 0.263. The molecular formula is C19H17BrFNO5. The normalized spacial score (nSPS) is 18.9. The van der Waals surface area contributed by atoms with E-state index in [-0.39, 0.29) is 16.7 Å². The van der Waals surface area contributed by atoms with Crippen LogP contribution in [-0.4, -0.2) is 43.2 Å². The van der Waals surface area contributed by atoms with Crippen molar-refractivity contribution in [3.8, 4) is 11.5 Å². The van der Waals surface area contributed by atoms with Gasteiger partial charge in [-0.25, -0.2) is 4.39 Å². The minimum absolute atomic E-state index is 0.119. The molecule has 2 aromatic carbocycles. The number of halogens is 2. The minimum atomic E-state index is -1.17. The number of carbonyl (C=O) groups excluding carboxylic acids is 1. The second kappa shape index (κ2) is 7.19. The van der Waals surface area contributed by atoms with Gasteiger partial charge in [-0.2, -0.15) is 0 Å². The Labute approximate surface area is 163 Å². The molecule has 0 saturated carbocycles. The SMILES string of the molecule is COc1cc2c(cc1OC)[C@@H](C(=O)O)[C@@H](c1cc(Br)ccc1F)N(C)C2=O. The molecule has 1 heterocycles. The summed E-state index contributed by atoms with van der Waals surface area (Å²) in [6, 6.07) is 6.16. The van der Waals surface area contributed by atoms with Crippen LogP contribution in [0.15, 0.2) is 34.8 Å². The van der Waals surface area contributed by atoms with Crippen molar-refractivity contribution >= 4 is 27.8 Å². The summed E-state index contributed by atoms with van der Waals surface area (Å²) >= 11 is 3.27. The number of carboxylic acids is 1. The molecule has 3 rings (SSSR count). The lowest BCUT2D eigenvalue weighted by molar-refractivity contribution is -0.140. The lowest BCUT2D eigenvalue weighted by Gasteiger charge is -2.39. The smallest absolute Gasteiger partial charge is 0.313 e. The maximum absolute atomic E-state index is 14.5. The first-order chi connectivity index (χ1) is 12.8. The van der Waals surface area contributed by atoms with E-state index < -0.39 is 29.7 Å². The highest BCUT2D eigenvalue weighted by molar-refractivity contribution is 9.10. The van der Waals surface area contributed by atoms with Crippen molar-refractivity contribution in [2.75, 3.05) is 21.3 Å². The molecule has 0 aromatic heterocycles. The summed E-state index contributed by atoms with van der Waals surface area (Å²) in [4.78, 5) is 26.3. The standard InChI is InChI=1S/C19H17BrFNO5/c1-22-17(12-6-9(20)4-5-13(12)21)16(19(24)25)10-7-14(26-2)15(27-3)8-11(10)18(22)23/h4-8,16-17H,1-3H3,(H,24,25)/t16-,17-/m1/s1. The fourth-order valence-electron chi connectivity index (χ4n) is 3.44. The number of carboxylic acid groups (broad SMARTS) is 1. The Balaban J connectivity index is 2.28. The van der Waals surface area contributed by atoms with Gasteiger partial charge in [-0.3, -0.25) is 9.59 Å². The third-order valence-electron chi connectivity index (χ3n) is 4.72. The van der Waals surface area contributed by atoms with Gasteiger partial charge < -0.3 is 19.5 Å². The summed E-state index contributed by atoms with van der Waals surface area (Å²) in [6.45, 7) is 0. The van der Waals surface area contributed by atoms with Gasteiger partial charge >= 0.3 is 5.97 Å². The van der Waals surface area contributed by atoms with Gasteiger partial charge in [-0.15, -0.1) is 0 Å². The van der Waals surface area contributed by atoms with Gasteiger partial charge in [0.1, 0.15) is 11.7 Å². The number of hydrogen-bond acceptors (Lipinski definition) is 4. The Hall–Kier alpha value is -2.61. The molecule has 0 bridgehead atoms. The Morgan fingerprint density at radius 1 is 1.15 bits per heavy atom. The first-order valence-electron chi connectivity index (χ1n) is 8.01. The Morgan fingerprint density at radius 3 is 2.37 bits per heavy atom. The predicted molar refractivity (Wildman–Crippen MR) is 98.9 cm³/mol. The van der Waals surface area contributed by atoms with Crippen LogP contribution in [0.2, 0.25) is 0 Å². The molecule has 1 aliphatic rings. The topological polar surface area (TPSA) is 76.1 Å². The summed E-state index contributed by atoms with van der Waals surface area (Å²) in [5.74, 6) is -2.74. The van der Waals surface area contributed by atoms with Crippen molar-refractivity contribution in [1.29, 1.82) is 0 Å². The molecule has 1 aliphatic heterocycles. The van der Waals surface area contributed by atoms with E-state index in [2.05, 4.69) is 15.9 Å². The van der Waals surface area contributed by atoms with Gasteiger partial charge in [-0.05, 0) is 35.9 Å². The average molecular weight is 438 g/mol. The van der Waals surface area contributed by atoms with Crippen molar-refractivity contribution in [2.45, 2.75) is 12.0 Å². The highest BCUT2D eigenvalue weighted by Crippen LogP contribution is 2.46. The van der Waals surface area contributed by atoms with Crippen molar-refractivity contribution in [3.05, 3.63) is 57.3 Å². The summed E-state index contributed by atoms with van der Waals surface area (Å²) < 4.78 is 25.6. The van der Waals surface area contributed by atoms with E-state index in [1.807, 2.05) is 0 Å². The quantitative estimate of drug-likeness (QED) is 0.790. The molecule has 2 aromatic rings. The summed E-state index contributed by atoms with van der Waals surface area (Å²) in [6.07, 6.45) is 0. The van der Waals surface area contributed by atoms with Crippen molar-refractivity contribution in [2.24, 2.45) is 0 Å². The lowest BCUT2D eigenvalue weighted by Crippen LogP contribution is -2.43. The largest absolute Gasteiger partial charge is 0.493 e. The Kier molecular flexibility index (Phi) is 5.10. The first kappa shape index (κ1) is 19.2. The number of rotatable bonds is 4. The monoisotopic (exact) mass is 437 g/mol. The number of hydrogen-bond donors (Lipinski definition) is 1. The second-order valence-electron chi connectivity index (χ2n) is 6.14. The highest BCUT2D eigenvalue weighted by atomic mass is 79.9. The number of amides is 1. The van der Waals surface area contributed by atoms with Gasteiger partial charge in [0, 0.05) is 22.6 Å². The molecule has 0 unspecified atom stereocenters. The van der Waals surface area contributed by atoms with E-state index >= 15 is 0 Å². The van der Waals surface area contributed by atoms with Crippen LogP contribution in [0, 0.1) is 5.82 Å². The fourth-order valence-corrected chi connectivity index (χ4v) is 3.82. The molecule has 6 nitrogen and oxygen atoms in total. The zero-order valence-electron chi connectivity index (χ0n) is 14.8. The van der Waals surface area contributed by atoms with Crippen LogP contribution < -0.4 is 9.47 Å². The zero-order chi connectivity index (χ0) is 19.9.